The molecule has 2 rings (SSSR count). The average Bonchev–Trinajstić information content (AvgIpc) is 2.62. The summed E-state index contributed by atoms with van der Waals surface area (Å²) in [6, 6.07) is 6.99. The lowest BCUT2D eigenvalue weighted by Gasteiger charge is -2.19. The Morgan fingerprint density at radius 1 is 1.18 bits per heavy atom. The number of ketones is 1. The van der Waals surface area contributed by atoms with Gasteiger partial charge in [-0.05, 0) is 37.1 Å². The van der Waals surface area contributed by atoms with Crippen LogP contribution in [0.3, 0.4) is 0 Å². The normalized spacial score (nSPS) is 11.5. The first kappa shape index (κ1) is 21.1. The van der Waals surface area contributed by atoms with Crippen LogP contribution < -0.4 is 5.32 Å². The lowest BCUT2D eigenvalue weighted by atomic mass is 9.75. The van der Waals surface area contributed by atoms with Gasteiger partial charge in [-0.25, -0.2) is 4.79 Å². The zero-order chi connectivity index (χ0) is 20.8. The minimum absolute atomic E-state index is 0.0726. The second-order valence-electron chi connectivity index (χ2n) is 6.23. The highest BCUT2D eigenvalue weighted by molar-refractivity contribution is 6.43. The number of para-hydroxylation sites is 1. The lowest BCUT2D eigenvalue weighted by Crippen LogP contribution is -2.48. The quantitative estimate of drug-likeness (QED) is 0.396. The van der Waals surface area contributed by atoms with Crippen LogP contribution in [0.4, 0.5) is 0 Å². The fraction of sp³-hybridized carbons (Fsp3) is 0.222. The number of nitrogens with one attached hydrogen (secondary N) is 1. The van der Waals surface area contributed by atoms with Gasteiger partial charge in [0.05, 0.1) is 11.5 Å². The summed E-state index contributed by atoms with van der Waals surface area (Å²) < 4.78 is 0. The van der Waals surface area contributed by atoms with Gasteiger partial charge < -0.3 is 25.6 Å². The van der Waals surface area contributed by atoms with Crippen molar-refractivity contribution < 1.29 is 34.6 Å². The molecule has 9 nitrogen and oxygen atoms in total. The number of aromatic nitrogens is 1. The molecule has 0 spiro atoms. The molecule has 1 amide bonds. The minimum atomic E-state index is -1.96. The van der Waals surface area contributed by atoms with E-state index in [1.54, 1.807) is 0 Å². The molecule has 0 saturated heterocycles. The molecule has 5 N–H and O–H groups in total. The standard InChI is InChI=1S/C18H19BN2O7/c1-10(22)7-13-6-5-12(9-20-13)17(24)21-15(19(27)28)8-11-3-2-4-14(16(11)23)18(25)26/h2-6,9,15,23,27-28H,7-8H2,1H3,(H,21,24)(H,25,26)/t15-/m0/s1. The summed E-state index contributed by atoms with van der Waals surface area (Å²) in [7, 11) is -1.96. The van der Waals surface area contributed by atoms with Gasteiger partial charge in [0.15, 0.2) is 0 Å². The Hall–Kier alpha value is -3.24. The van der Waals surface area contributed by atoms with E-state index in [0.717, 1.165) is 0 Å². The number of carbonyl (C=O) groups is 3. The van der Waals surface area contributed by atoms with Crippen molar-refractivity contribution in [3.63, 3.8) is 0 Å². The predicted octanol–water partition coefficient (Wildman–Crippen LogP) is -0.0300. The Balaban J connectivity index is 2.15. The largest absolute Gasteiger partial charge is 0.507 e. The van der Waals surface area contributed by atoms with Crippen LogP contribution in [0, 0.1) is 0 Å². The molecule has 10 heteroatoms. The fourth-order valence-corrected chi connectivity index (χ4v) is 2.57. The van der Waals surface area contributed by atoms with Gasteiger partial charge in [-0.2, -0.15) is 0 Å². The van der Waals surface area contributed by atoms with Crippen molar-refractivity contribution >= 4 is 24.8 Å². The molecule has 0 aliphatic carbocycles. The second-order valence-corrected chi connectivity index (χ2v) is 6.23. The third kappa shape index (κ3) is 5.38. The molecule has 0 aliphatic rings. The average molecular weight is 386 g/mol. The summed E-state index contributed by atoms with van der Waals surface area (Å²) >= 11 is 0. The Morgan fingerprint density at radius 3 is 2.43 bits per heavy atom. The van der Waals surface area contributed by atoms with Crippen molar-refractivity contribution in [2.75, 3.05) is 0 Å². The Kier molecular flexibility index (Phi) is 6.86. The summed E-state index contributed by atoms with van der Waals surface area (Å²) in [5, 5.41) is 40.7. The van der Waals surface area contributed by atoms with Gasteiger partial charge in [-0.1, -0.05) is 12.1 Å². The van der Waals surface area contributed by atoms with E-state index in [1.807, 2.05) is 0 Å². The molecule has 146 valence electrons. The van der Waals surface area contributed by atoms with Crippen molar-refractivity contribution in [3.8, 4) is 5.75 Å². The van der Waals surface area contributed by atoms with Crippen molar-refractivity contribution in [2.45, 2.75) is 25.7 Å². The minimum Gasteiger partial charge on any atom is -0.507 e. The second kappa shape index (κ2) is 9.11. The van der Waals surface area contributed by atoms with Crippen molar-refractivity contribution in [2.24, 2.45) is 0 Å². The predicted molar refractivity (Wildman–Crippen MR) is 98.8 cm³/mol. The van der Waals surface area contributed by atoms with E-state index < -0.39 is 30.7 Å². The van der Waals surface area contributed by atoms with Crippen LogP contribution in [0.1, 0.15) is 38.9 Å². The first-order valence-electron chi connectivity index (χ1n) is 8.34. The van der Waals surface area contributed by atoms with Gasteiger partial charge in [-0.3, -0.25) is 14.6 Å². The number of hydrogen-bond donors (Lipinski definition) is 5. The van der Waals surface area contributed by atoms with Crippen LogP contribution in [0.5, 0.6) is 5.75 Å². The molecule has 1 atom stereocenters. The van der Waals surface area contributed by atoms with Crippen molar-refractivity contribution in [1.29, 1.82) is 0 Å². The number of amides is 1. The number of nitrogens with zero attached hydrogens (tertiary/aromatic N) is 1. The van der Waals surface area contributed by atoms with Gasteiger partial charge in [0.25, 0.3) is 5.91 Å². The lowest BCUT2D eigenvalue weighted by molar-refractivity contribution is -0.116. The number of carbonyl (C=O) groups excluding carboxylic acids is 2. The summed E-state index contributed by atoms with van der Waals surface area (Å²) in [5.41, 5.74) is 0.438. The number of aromatic carboxylic acids is 1. The highest BCUT2D eigenvalue weighted by atomic mass is 16.4. The number of carboxylic acids is 1. The van der Waals surface area contributed by atoms with Gasteiger partial charge in [0.1, 0.15) is 17.1 Å². The molecule has 1 aromatic carbocycles. The molecule has 28 heavy (non-hydrogen) atoms. The molecule has 0 fully saturated rings. The van der Waals surface area contributed by atoms with E-state index in [-0.39, 0.29) is 35.3 Å². The monoisotopic (exact) mass is 386 g/mol. The maximum absolute atomic E-state index is 12.3. The number of benzene rings is 1. The number of Topliss-reactive ketones (excluding diaryl/α,β-unsaturated/α-hetero) is 1. The molecule has 1 heterocycles. The molecular formula is C18H19BN2O7. The van der Waals surface area contributed by atoms with Gasteiger partial charge in [0.2, 0.25) is 0 Å². The maximum atomic E-state index is 12.3. The van der Waals surface area contributed by atoms with E-state index in [9.17, 15) is 29.5 Å². The van der Waals surface area contributed by atoms with Gasteiger partial charge in [0, 0.05) is 18.3 Å². The zero-order valence-corrected chi connectivity index (χ0v) is 15.0. The van der Waals surface area contributed by atoms with Gasteiger partial charge >= 0.3 is 13.1 Å². The number of carboxylic acid groups (broad SMARTS) is 1. The van der Waals surface area contributed by atoms with Crippen LogP contribution >= 0.6 is 0 Å². The Labute approximate surface area is 160 Å². The third-order valence-electron chi connectivity index (χ3n) is 3.98. The maximum Gasteiger partial charge on any atom is 0.475 e. The fourth-order valence-electron chi connectivity index (χ4n) is 2.57. The van der Waals surface area contributed by atoms with Crippen molar-refractivity contribution in [1.82, 2.24) is 10.3 Å². The Bertz CT molecular complexity index is 884. The summed E-state index contributed by atoms with van der Waals surface area (Å²) in [4.78, 5) is 38.5. The molecule has 1 aromatic heterocycles. The molecule has 0 unspecified atom stereocenters. The van der Waals surface area contributed by atoms with Crippen molar-refractivity contribution in [3.05, 3.63) is 58.9 Å². The van der Waals surface area contributed by atoms with Gasteiger partial charge in [-0.15, -0.1) is 0 Å². The van der Waals surface area contributed by atoms with Crippen LogP contribution in [0.25, 0.3) is 0 Å². The third-order valence-corrected chi connectivity index (χ3v) is 3.98. The summed E-state index contributed by atoms with van der Waals surface area (Å²) in [6.45, 7) is 1.42. The van der Waals surface area contributed by atoms with Crippen LogP contribution in [0.15, 0.2) is 36.5 Å². The van der Waals surface area contributed by atoms with Crippen LogP contribution in [-0.2, 0) is 17.6 Å². The Morgan fingerprint density at radius 2 is 1.89 bits per heavy atom. The first-order valence-corrected chi connectivity index (χ1v) is 8.34. The number of rotatable bonds is 8. The first-order chi connectivity index (χ1) is 13.2. The summed E-state index contributed by atoms with van der Waals surface area (Å²) in [6.07, 6.45) is 1.18. The van der Waals surface area contributed by atoms with E-state index in [1.165, 1.54) is 43.5 Å². The van der Waals surface area contributed by atoms with Crippen LogP contribution in [-0.4, -0.2) is 56.0 Å². The molecule has 0 radical (unpaired) electrons. The number of pyridine rings is 1. The SMILES string of the molecule is CC(=O)Cc1ccc(C(=O)N[C@@H](Cc2cccc(C(=O)O)c2O)B(O)O)cn1. The van der Waals surface area contributed by atoms with E-state index in [0.29, 0.717) is 5.69 Å². The highest BCUT2D eigenvalue weighted by Crippen LogP contribution is 2.24. The number of phenols is 1. The molecule has 0 bridgehead atoms. The molecule has 0 saturated carbocycles. The van der Waals surface area contributed by atoms with E-state index in [2.05, 4.69) is 10.3 Å². The molecular weight excluding hydrogens is 367 g/mol. The summed E-state index contributed by atoms with van der Waals surface area (Å²) in [5.74, 6) is -3.77. The molecule has 0 aliphatic heterocycles. The number of aromatic hydroxyl groups is 1. The topological polar surface area (TPSA) is 157 Å². The number of hydrogen-bond acceptors (Lipinski definition) is 7. The van der Waals surface area contributed by atoms with E-state index in [4.69, 9.17) is 5.11 Å². The zero-order valence-electron chi connectivity index (χ0n) is 15.0. The highest BCUT2D eigenvalue weighted by Gasteiger charge is 2.28. The smallest absolute Gasteiger partial charge is 0.475 e. The van der Waals surface area contributed by atoms with Crippen LogP contribution in [0.2, 0.25) is 0 Å². The van der Waals surface area contributed by atoms with E-state index >= 15 is 0 Å². The molecule has 2 aromatic rings.